The summed E-state index contributed by atoms with van der Waals surface area (Å²) in [6, 6.07) is 6.66. The molecule has 1 aliphatic heterocycles. The Hall–Kier alpha value is -1.61. The molecule has 0 saturated carbocycles. The summed E-state index contributed by atoms with van der Waals surface area (Å²) in [5.41, 5.74) is 6.16. The van der Waals surface area contributed by atoms with Crippen LogP contribution in [0.25, 0.3) is 10.9 Å². The zero-order valence-electron chi connectivity index (χ0n) is 12.3. The molecule has 1 N–H and O–H groups in total. The zero-order chi connectivity index (χ0) is 13.9. The molecule has 0 bridgehead atoms. The lowest BCUT2D eigenvalue weighted by atomic mass is 10.00. The highest BCUT2D eigenvalue weighted by atomic mass is 16.5. The minimum Gasteiger partial charge on any atom is -0.384 e. The van der Waals surface area contributed by atoms with Crippen LogP contribution in [0, 0.1) is 0 Å². The third-order valence-electron chi connectivity index (χ3n) is 3.86. The van der Waals surface area contributed by atoms with Crippen molar-refractivity contribution >= 4 is 16.6 Å². The molecule has 1 aliphatic rings. The Morgan fingerprint density at radius 2 is 2.20 bits per heavy atom. The van der Waals surface area contributed by atoms with Crippen LogP contribution in [0.4, 0.5) is 5.69 Å². The van der Waals surface area contributed by atoms with Crippen molar-refractivity contribution in [1.29, 1.82) is 0 Å². The molecule has 0 aliphatic carbocycles. The third-order valence-corrected chi connectivity index (χ3v) is 3.86. The largest absolute Gasteiger partial charge is 0.384 e. The maximum Gasteiger partial charge on any atom is 0.0755 e. The van der Waals surface area contributed by atoms with E-state index in [-0.39, 0.29) is 0 Å². The van der Waals surface area contributed by atoms with Gasteiger partial charge in [-0.25, -0.2) is 0 Å². The Balaban J connectivity index is 2.20. The highest BCUT2D eigenvalue weighted by Crippen LogP contribution is 2.32. The van der Waals surface area contributed by atoms with E-state index in [4.69, 9.17) is 9.72 Å². The second-order valence-electron chi connectivity index (χ2n) is 5.35. The summed E-state index contributed by atoms with van der Waals surface area (Å²) in [4.78, 5) is 4.84. The minimum absolute atomic E-state index is 0.679. The number of aryl methyl sites for hydroxylation is 1. The van der Waals surface area contributed by atoms with Crippen molar-refractivity contribution in [3.8, 4) is 0 Å². The molecule has 20 heavy (non-hydrogen) atoms. The van der Waals surface area contributed by atoms with Gasteiger partial charge < -0.3 is 10.1 Å². The topological polar surface area (TPSA) is 34.2 Å². The smallest absolute Gasteiger partial charge is 0.0755 e. The van der Waals surface area contributed by atoms with Gasteiger partial charge in [0.2, 0.25) is 0 Å². The standard InChI is InChI=1S/C17H22N2O/c1-3-5-12-6-7-15-13(10-12)17(18-4-2)14-11-20-9-8-16(14)19-15/h6-7,10H,3-5,8-9,11H2,1-2H3,(H,18,19). The van der Waals surface area contributed by atoms with Gasteiger partial charge in [0.25, 0.3) is 0 Å². The van der Waals surface area contributed by atoms with E-state index in [2.05, 4.69) is 37.4 Å². The van der Waals surface area contributed by atoms with Crippen LogP contribution in [-0.4, -0.2) is 18.1 Å². The van der Waals surface area contributed by atoms with Crippen LogP contribution in [0.2, 0.25) is 0 Å². The summed E-state index contributed by atoms with van der Waals surface area (Å²) < 4.78 is 5.63. The normalized spacial score (nSPS) is 14.3. The molecule has 2 heterocycles. The van der Waals surface area contributed by atoms with E-state index in [1.807, 2.05) is 0 Å². The second kappa shape index (κ2) is 5.80. The van der Waals surface area contributed by atoms with Crippen molar-refractivity contribution in [3.63, 3.8) is 0 Å². The average molecular weight is 270 g/mol. The minimum atomic E-state index is 0.679. The number of anilines is 1. The van der Waals surface area contributed by atoms with Gasteiger partial charge in [0.1, 0.15) is 0 Å². The van der Waals surface area contributed by atoms with E-state index in [9.17, 15) is 0 Å². The fraction of sp³-hybridized carbons (Fsp3) is 0.471. The Morgan fingerprint density at radius 1 is 1.30 bits per heavy atom. The Labute approximate surface area is 120 Å². The second-order valence-corrected chi connectivity index (χ2v) is 5.35. The number of nitrogens with one attached hydrogen (secondary N) is 1. The monoisotopic (exact) mass is 270 g/mol. The number of benzene rings is 1. The van der Waals surface area contributed by atoms with Crippen LogP contribution >= 0.6 is 0 Å². The number of hydrogen-bond acceptors (Lipinski definition) is 3. The molecule has 0 unspecified atom stereocenters. The molecule has 2 aromatic rings. The molecular formula is C17H22N2O. The zero-order valence-corrected chi connectivity index (χ0v) is 12.3. The van der Waals surface area contributed by atoms with Gasteiger partial charge in [0.05, 0.1) is 30.1 Å². The van der Waals surface area contributed by atoms with Crippen molar-refractivity contribution in [2.45, 2.75) is 39.7 Å². The molecule has 3 rings (SSSR count). The number of pyridine rings is 1. The van der Waals surface area contributed by atoms with E-state index < -0.39 is 0 Å². The molecule has 3 heteroatoms. The van der Waals surface area contributed by atoms with Crippen molar-refractivity contribution < 1.29 is 4.74 Å². The van der Waals surface area contributed by atoms with Gasteiger partial charge in [-0.1, -0.05) is 19.4 Å². The number of ether oxygens (including phenoxy) is 1. The van der Waals surface area contributed by atoms with E-state index >= 15 is 0 Å². The fourth-order valence-corrected chi connectivity index (χ4v) is 2.93. The van der Waals surface area contributed by atoms with Gasteiger partial charge in [-0.15, -0.1) is 0 Å². The van der Waals surface area contributed by atoms with Gasteiger partial charge >= 0.3 is 0 Å². The van der Waals surface area contributed by atoms with Crippen LogP contribution in [0.1, 0.15) is 37.1 Å². The van der Waals surface area contributed by atoms with Crippen LogP contribution in [-0.2, 0) is 24.2 Å². The van der Waals surface area contributed by atoms with Gasteiger partial charge in [-0.2, -0.15) is 0 Å². The molecule has 1 aromatic carbocycles. The van der Waals surface area contributed by atoms with Gasteiger partial charge in [0, 0.05) is 23.9 Å². The lowest BCUT2D eigenvalue weighted by Gasteiger charge is -2.22. The number of fused-ring (bicyclic) bond motifs is 2. The average Bonchev–Trinajstić information content (AvgIpc) is 2.48. The van der Waals surface area contributed by atoms with Crippen LogP contribution in [0.3, 0.4) is 0 Å². The number of nitrogens with zero attached hydrogens (tertiary/aromatic N) is 1. The molecular weight excluding hydrogens is 248 g/mol. The van der Waals surface area contributed by atoms with Crippen molar-refractivity contribution in [2.75, 3.05) is 18.5 Å². The van der Waals surface area contributed by atoms with Crippen molar-refractivity contribution in [1.82, 2.24) is 4.98 Å². The van der Waals surface area contributed by atoms with Crippen LogP contribution in [0.5, 0.6) is 0 Å². The maximum atomic E-state index is 5.63. The van der Waals surface area contributed by atoms with Gasteiger partial charge in [0.15, 0.2) is 0 Å². The first-order valence-electron chi connectivity index (χ1n) is 7.59. The van der Waals surface area contributed by atoms with E-state index in [1.165, 1.54) is 34.3 Å². The quantitative estimate of drug-likeness (QED) is 0.920. The molecule has 3 nitrogen and oxygen atoms in total. The summed E-state index contributed by atoms with van der Waals surface area (Å²) in [7, 11) is 0. The molecule has 0 spiro atoms. The lowest BCUT2D eigenvalue weighted by molar-refractivity contribution is 0.110. The molecule has 106 valence electrons. The number of rotatable bonds is 4. The Kier molecular flexibility index (Phi) is 3.88. The first kappa shape index (κ1) is 13.4. The molecule has 0 fully saturated rings. The highest BCUT2D eigenvalue weighted by molar-refractivity contribution is 5.94. The Morgan fingerprint density at radius 3 is 3.00 bits per heavy atom. The van der Waals surface area contributed by atoms with Crippen LogP contribution in [0.15, 0.2) is 18.2 Å². The fourth-order valence-electron chi connectivity index (χ4n) is 2.93. The SMILES string of the molecule is CCCc1ccc2nc3c(c(NCC)c2c1)COCC3. The predicted molar refractivity (Wildman–Crippen MR) is 83.3 cm³/mol. The highest BCUT2D eigenvalue weighted by Gasteiger charge is 2.18. The Bertz CT molecular complexity index is 622. The summed E-state index contributed by atoms with van der Waals surface area (Å²) in [6.45, 7) is 6.74. The first-order valence-corrected chi connectivity index (χ1v) is 7.59. The van der Waals surface area contributed by atoms with Crippen LogP contribution < -0.4 is 5.32 Å². The summed E-state index contributed by atoms with van der Waals surface area (Å²) in [6.07, 6.45) is 3.21. The lowest BCUT2D eigenvalue weighted by Crippen LogP contribution is -2.15. The van der Waals surface area contributed by atoms with Crippen molar-refractivity contribution in [3.05, 3.63) is 35.0 Å². The van der Waals surface area contributed by atoms with Gasteiger partial charge in [-0.05, 0) is 31.0 Å². The number of aromatic nitrogens is 1. The van der Waals surface area contributed by atoms with Crippen molar-refractivity contribution in [2.24, 2.45) is 0 Å². The molecule has 0 atom stereocenters. The van der Waals surface area contributed by atoms with E-state index in [0.717, 1.165) is 31.5 Å². The summed E-state index contributed by atoms with van der Waals surface area (Å²) >= 11 is 0. The summed E-state index contributed by atoms with van der Waals surface area (Å²) in [5.74, 6) is 0. The van der Waals surface area contributed by atoms with E-state index in [1.54, 1.807) is 0 Å². The molecule has 0 amide bonds. The predicted octanol–water partition coefficient (Wildman–Crippen LogP) is 3.69. The third kappa shape index (κ3) is 2.38. The molecule has 0 radical (unpaired) electrons. The van der Waals surface area contributed by atoms with Gasteiger partial charge in [-0.3, -0.25) is 4.98 Å². The first-order chi connectivity index (χ1) is 9.83. The molecule has 1 aromatic heterocycles. The maximum absolute atomic E-state index is 5.63. The number of hydrogen-bond donors (Lipinski definition) is 1. The summed E-state index contributed by atoms with van der Waals surface area (Å²) in [5, 5.41) is 4.77. The van der Waals surface area contributed by atoms with E-state index in [0.29, 0.717) is 6.61 Å². The molecule has 0 saturated heterocycles.